The molecule has 2 rings (SSSR count). The molecule has 0 fully saturated rings. The Morgan fingerprint density at radius 3 is 2.37 bits per heavy atom. The van der Waals surface area contributed by atoms with E-state index in [-0.39, 0.29) is 10.9 Å². The maximum atomic E-state index is 12.4. The summed E-state index contributed by atoms with van der Waals surface area (Å²) in [7, 11) is -0.568. The van der Waals surface area contributed by atoms with Crippen LogP contribution in [0.1, 0.15) is 16.7 Å². The fourth-order valence-corrected chi connectivity index (χ4v) is 3.56. The van der Waals surface area contributed by atoms with Crippen molar-refractivity contribution in [1.82, 2.24) is 4.72 Å². The van der Waals surface area contributed by atoms with Gasteiger partial charge in [0.1, 0.15) is 4.90 Å². The molecule has 146 valence electrons. The normalized spacial score (nSPS) is 11.9. The van der Waals surface area contributed by atoms with Crippen LogP contribution in [-0.2, 0) is 16.4 Å². The number of nitrogens with two attached hydrogens (primary N) is 1. The minimum absolute atomic E-state index is 0.0197. The SMILES string of the molecule is COc1ccc(CC[NH+]=C(N)NS(=O)(=O)c2ccc(C)c(C)c2)cc1OC. The standard InChI is InChI=1S/C19H25N3O4S/c1-13-5-7-16(11-14(13)2)27(23,24)22-19(20)21-10-9-15-6-8-17(25-3)18(12-15)26-4/h5-8,11-12H,9-10H2,1-4H3,(H3,20,21,22)/p+1. The van der Waals surface area contributed by atoms with Gasteiger partial charge in [0.25, 0.3) is 0 Å². The number of aryl methyl sites for hydroxylation is 2. The molecule has 0 saturated heterocycles. The second-order valence-corrected chi connectivity index (χ2v) is 7.81. The van der Waals surface area contributed by atoms with E-state index >= 15 is 0 Å². The molecule has 4 N–H and O–H groups in total. The van der Waals surface area contributed by atoms with Crippen molar-refractivity contribution in [2.45, 2.75) is 25.2 Å². The Labute approximate surface area is 160 Å². The summed E-state index contributed by atoms with van der Waals surface area (Å²) in [5.74, 6) is 1.28. The molecule has 0 unspecified atom stereocenters. The number of methoxy groups -OCH3 is 2. The second-order valence-electron chi connectivity index (χ2n) is 6.13. The van der Waals surface area contributed by atoms with Crippen LogP contribution in [0.4, 0.5) is 0 Å². The zero-order valence-corrected chi connectivity index (χ0v) is 16.8. The molecular formula is C19H26N3O4S+. The van der Waals surface area contributed by atoms with Crippen LogP contribution in [0.15, 0.2) is 41.3 Å². The van der Waals surface area contributed by atoms with Gasteiger partial charge in [-0.1, -0.05) is 12.1 Å². The third-order valence-electron chi connectivity index (χ3n) is 4.21. The molecule has 8 heteroatoms. The Balaban J connectivity index is 2.02. The number of benzene rings is 2. The lowest BCUT2D eigenvalue weighted by atomic mass is 10.1. The summed E-state index contributed by atoms with van der Waals surface area (Å²) in [6, 6.07) is 10.6. The first-order chi connectivity index (χ1) is 12.8. The predicted octanol–water partition coefficient (Wildman–Crippen LogP) is 0.237. The van der Waals surface area contributed by atoms with E-state index in [0.717, 1.165) is 16.7 Å². The van der Waals surface area contributed by atoms with Crippen LogP contribution in [-0.4, -0.2) is 35.1 Å². The van der Waals surface area contributed by atoms with Crippen LogP contribution in [0, 0.1) is 13.8 Å². The van der Waals surface area contributed by atoms with E-state index < -0.39 is 10.0 Å². The van der Waals surface area contributed by atoms with Gasteiger partial charge in [-0.2, -0.15) is 13.1 Å². The molecule has 0 aliphatic heterocycles. The molecule has 7 nitrogen and oxygen atoms in total. The third kappa shape index (κ3) is 5.37. The Morgan fingerprint density at radius 2 is 1.74 bits per heavy atom. The summed E-state index contributed by atoms with van der Waals surface area (Å²) in [4.78, 5) is 3.06. The van der Waals surface area contributed by atoms with Crippen molar-refractivity contribution in [1.29, 1.82) is 0 Å². The number of guanidine groups is 1. The highest BCUT2D eigenvalue weighted by atomic mass is 32.2. The topological polar surface area (TPSA) is 105 Å². The highest BCUT2D eigenvalue weighted by Gasteiger charge is 2.19. The average Bonchev–Trinajstić information content (AvgIpc) is 2.63. The van der Waals surface area contributed by atoms with Crippen LogP contribution >= 0.6 is 0 Å². The van der Waals surface area contributed by atoms with E-state index in [2.05, 4.69) is 9.71 Å². The number of sulfonamides is 1. The number of nitrogens with one attached hydrogen (secondary N) is 2. The molecule has 0 aromatic heterocycles. The summed E-state index contributed by atoms with van der Waals surface area (Å²) in [6.45, 7) is 4.24. The van der Waals surface area contributed by atoms with Gasteiger partial charge in [0.05, 0.1) is 20.8 Å². The largest absolute Gasteiger partial charge is 0.493 e. The molecule has 0 heterocycles. The summed E-state index contributed by atoms with van der Waals surface area (Å²) in [6.07, 6.45) is 0.631. The minimum atomic E-state index is -3.72. The lowest BCUT2D eigenvalue weighted by Gasteiger charge is -2.09. The summed E-state index contributed by atoms with van der Waals surface area (Å²) < 4.78 is 37.7. The quantitative estimate of drug-likeness (QED) is 0.462. The van der Waals surface area contributed by atoms with Gasteiger partial charge in [0.15, 0.2) is 11.5 Å². The van der Waals surface area contributed by atoms with Crippen LogP contribution in [0.5, 0.6) is 11.5 Å². The van der Waals surface area contributed by atoms with Gasteiger partial charge < -0.3 is 9.47 Å². The molecule has 0 radical (unpaired) electrons. The summed E-state index contributed by atoms with van der Waals surface area (Å²) in [5.41, 5.74) is 8.73. The van der Waals surface area contributed by atoms with Crippen molar-refractivity contribution < 1.29 is 22.9 Å². The van der Waals surface area contributed by atoms with Gasteiger partial charge in [-0.25, -0.2) is 0 Å². The van der Waals surface area contributed by atoms with Crippen molar-refractivity contribution in [3.05, 3.63) is 53.1 Å². The second kappa shape index (κ2) is 8.77. The number of hydrogen-bond acceptors (Lipinski definition) is 4. The van der Waals surface area contributed by atoms with Gasteiger partial charge >= 0.3 is 16.0 Å². The van der Waals surface area contributed by atoms with Crippen molar-refractivity contribution in [2.24, 2.45) is 5.73 Å². The highest BCUT2D eigenvalue weighted by Crippen LogP contribution is 2.27. The zero-order chi connectivity index (χ0) is 20.0. The van der Waals surface area contributed by atoms with E-state index in [0.29, 0.717) is 24.5 Å². The van der Waals surface area contributed by atoms with Gasteiger partial charge in [-0.3, -0.25) is 10.7 Å². The van der Waals surface area contributed by atoms with Gasteiger partial charge in [0.2, 0.25) is 0 Å². The van der Waals surface area contributed by atoms with E-state index in [1.807, 2.05) is 32.0 Å². The third-order valence-corrected chi connectivity index (χ3v) is 5.57. The van der Waals surface area contributed by atoms with Crippen LogP contribution in [0.25, 0.3) is 0 Å². The Hall–Kier alpha value is -2.74. The molecule has 0 bridgehead atoms. The number of hydrogen-bond donors (Lipinski definition) is 3. The van der Waals surface area contributed by atoms with Crippen molar-refractivity contribution in [2.75, 3.05) is 20.8 Å². The Bertz CT molecular complexity index is 940. The lowest BCUT2D eigenvalue weighted by molar-refractivity contribution is -0.459. The molecule has 2 aromatic carbocycles. The summed E-state index contributed by atoms with van der Waals surface area (Å²) >= 11 is 0. The first-order valence-electron chi connectivity index (χ1n) is 8.44. The van der Waals surface area contributed by atoms with E-state index in [9.17, 15) is 8.42 Å². The minimum Gasteiger partial charge on any atom is -0.493 e. The van der Waals surface area contributed by atoms with Gasteiger partial charge in [-0.15, -0.1) is 0 Å². The lowest BCUT2D eigenvalue weighted by Crippen LogP contribution is -2.79. The maximum absolute atomic E-state index is 12.4. The molecule has 0 atom stereocenters. The molecule has 0 aliphatic carbocycles. The predicted molar refractivity (Wildman–Crippen MR) is 105 cm³/mol. The fraction of sp³-hybridized carbons (Fsp3) is 0.316. The molecule has 0 spiro atoms. The smallest absolute Gasteiger partial charge is 0.356 e. The summed E-state index contributed by atoms with van der Waals surface area (Å²) in [5, 5.41) is 0. The molecule has 27 heavy (non-hydrogen) atoms. The first-order valence-corrected chi connectivity index (χ1v) is 9.92. The number of rotatable bonds is 7. The van der Waals surface area contributed by atoms with E-state index in [4.69, 9.17) is 15.2 Å². The molecule has 0 aliphatic rings. The van der Waals surface area contributed by atoms with Gasteiger partial charge in [-0.05, 0) is 54.8 Å². The molecule has 2 aromatic rings. The van der Waals surface area contributed by atoms with E-state index in [1.165, 1.54) is 0 Å². The Morgan fingerprint density at radius 1 is 1.04 bits per heavy atom. The van der Waals surface area contributed by atoms with Gasteiger partial charge in [0, 0.05) is 6.42 Å². The molecular weight excluding hydrogens is 366 g/mol. The molecule has 0 amide bonds. The van der Waals surface area contributed by atoms with Crippen molar-refractivity contribution in [3.8, 4) is 11.5 Å². The molecule has 0 saturated carbocycles. The van der Waals surface area contributed by atoms with Crippen molar-refractivity contribution in [3.63, 3.8) is 0 Å². The maximum Gasteiger partial charge on any atom is 0.356 e. The van der Waals surface area contributed by atoms with Crippen molar-refractivity contribution >= 4 is 16.0 Å². The highest BCUT2D eigenvalue weighted by molar-refractivity contribution is 7.90. The average molecular weight is 393 g/mol. The first kappa shape index (κ1) is 20.6. The van der Waals surface area contributed by atoms with Crippen LogP contribution in [0.2, 0.25) is 0 Å². The monoisotopic (exact) mass is 392 g/mol. The van der Waals surface area contributed by atoms with Crippen LogP contribution < -0.4 is 24.9 Å². The van der Waals surface area contributed by atoms with E-state index in [1.54, 1.807) is 32.4 Å². The zero-order valence-electron chi connectivity index (χ0n) is 16.0. The van der Waals surface area contributed by atoms with Crippen LogP contribution in [0.3, 0.4) is 0 Å². The fourth-order valence-electron chi connectivity index (χ4n) is 2.50. The Kier molecular flexibility index (Phi) is 6.68. The number of ether oxygens (including phenoxy) is 2.